The van der Waals surface area contributed by atoms with E-state index < -0.39 is 33.3 Å². The van der Waals surface area contributed by atoms with Gasteiger partial charge >= 0.3 is 6.09 Å². The van der Waals surface area contributed by atoms with Gasteiger partial charge in [0.2, 0.25) is 15.9 Å². The second kappa shape index (κ2) is 6.71. The Balaban J connectivity index is 2.19. The van der Waals surface area contributed by atoms with Gasteiger partial charge in [0.1, 0.15) is 0 Å². The van der Waals surface area contributed by atoms with Crippen molar-refractivity contribution in [2.45, 2.75) is 43.4 Å². The summed E-state index contributed by atoms with van der Waals surface area (Å²) in [6.07, 6.45) is 1.46. The molecule has 1 aliphatic carbocycles. The standard InChI is InChI=1S/C10H19N3O5S/c11-8(3-1-2-6-12-10(15)16)9(14)13-19(17,18)7-4-5-7/h7-8,12H,1-6,11H2,(H,13,14)(H,15,16). The zero-order chi connectivity index (χ0) is 14.5. The van der Waals surface area contributed by atoms with Gasteiger partial charge in [-0.25, -0.2) is 13.2 Å². The van der Waals surface area contributed by atoms with Crippen LogP contribution >= 0.6 is 0 Å². The van der Waals surface area contributed by atoms with E-state index in [1.165, 1.54) is 0 Å². The first-order valence-corrected chi connectivity index (χ1v) is 7.65. The maximum atomic E-state index is 11.5. The van der Waals surface area contributed by atoms with Gasteiger partial charge in [-0.15, -0.1) is 0 Å². The number of rotatable bonds is 8. The molecule has 1 aliphatic rings. The van der Waals surface area contributed by atoms with Crippen molar-refractivity contribution >= 4 is 22.0 Å². The fraction of sp³-hybridized carbons (Fsp3) is 0.800. The number of carboxylic acid groups (broad SMARTS) is 1. The molecule has 8 nitrogen and oxygen atoms in total. The SMILES string of the molecule is NC(CCCCNC(=O)O)C(=O)NS(=O)(=O)C1CC1. The van der Waals surface area contributed by atoms with E-state index >= 15 is 0 Å². The molecule has 0 spiro atoms. The van der Waals surface area contributed by atoms with Crippen molar-refractivity contribution < 1.29 is 23.1 Å². The molecule has 110 valence electrons. The maximum Gasteiger partial charge on any atom is 0.404 e. The molecule has 1 unspecified atom stereocenters. The van der Waals surface area contributed by atoms with E-state index in [2.05, 4.69) is 5.32 Å². The van der Waals surface area contributed by atoms with Crippen LogP contribution in [0.25, 0.3) is 0 Å². The largest absolute Gasteiger partial charge is 0.465 e. The van der Waals surface area contributed by atoms with Crippen molar-refractivity contribution in [3.63, 3.8) is 0 Å². The molecule has 5 N–H and O–H groups in total. The van der Waals surface area contributed by atoms with E-state index in [-0.39, 0.29) is 6.54 Å². The fourth-order valence-corrected chi connectivity index (χ4v) is 2.85. The minimum Gasteiger partial charge on any atom is -0.465 e. The number of unbranched alkanes of at least 4 members (excludes halogenated alkanes) is 1. The molecule has 9 heteroatoms. The number of hydrogen-bond acceptors (Lipinski definition) is 5. The molecule has 1 fully saturated rings. The molecule has 0 saturated heterocycles. The van der Waals surface area contributed by atoms with Gasteiger partial charge < -0.3 is 16.2 Å². The van der Waals surface area contributed by atoms with E-state index in [9.17, 15) is 18.0 Å². The van der Waals surface area contributed by atoms with E-state index in [4.69, 9.17) is 10.8 Å². The van der Waals surface area contributed by atoms with E-state index in [0.717, 1.165) is 0 Å². The fourth-order valence-electron chi connectivity index (χ4n) is 1.49. The Morgan fingerprint density at radius 2 is 1.95 bits per heavy atom. The highest BCUT2D eigenvalue weighted by Gasteiger charge is 2.37. The number of carbonyl (C=O) groups excluding carboxylic acids is 1. The number of carbonyl (C=O) groups is 2. The summed E-state index contributed by atoms with van der Waals surface area (Å²) in [6, 6.07) is -0.890. The van der Waals surface area contributed by atoms with Crippen LogP contribution in [0.1, 0.15) is 32.1 Å². The van der Waals surface area contributed by atoms with Gasteiger partial charge in [-0.05, 0) is 32.1 Å². The normalized spacial score (nSPS) is 16.7. The molecular formula is C10H19N3O5S. The maximum absolute atomic E-state index is 11.5. The quantitative estimate of drug-likeness (QED) is 0.439. The number of nitrogens with one attached hydrogen (secondary N) is 2. The molecule has 1 rings (SSSR count). The van der Waals surface area contributed by atoms with Crippen LogP contribution in [0.5, 0.6) is 0 Å². The summed E-state index contributed by atoms with van der Waals surface area (Å²) in [5.41, 5.74) is 5.57. The molecular weight excluding hydrogens is 274 g/mol. The topological polar surface area (TPSA) is 139 Å². The van der Waals surface area contributed by atoms with Crippen LogP contribution in [0.3, 0.4) is 0 Å². The monoisotopic (exact) mass is 293 g/mol. The third-order valence-electron chi connectivity index (χ3n) is 2.76. The van der Waals surface area contributed by atoms with E-state index in [1.807, 2.05) is 4.72 Å². The third-order valence-corrected chi connectivity index (χ3v) is 4.60. The van der Waals surface area contributed by atoms with Crippen LogP contribution < -0.4 is 15.8 Å². The molecule has 1 atom stereocenters. The summed E-state index contributed by atoms with van der Waals surface area (Å²) in [4.78, 5) is 21.7. The van der Waals surface area contributed by atoms with Crippen LogP contribution in [0.4, 0.5) is 4.79 Å². The molecule has 0 aromatic heterocycles. The highest BCUT2D eigenvalue weighted by Crippen LogP contribution is 2.27. The van der Waals surface area contributed by atoms with Crippen molar-refractivity contribution in [1.82, 2.24) is 10.0 Å². The van der Waals surface area contributed by atoms with Crippen molar-refractivity contribution in [3.8, 4) is 0 Å². The first kappa shape index (κ1) is 15.7. The molecule has 0 bridgehead atoms. The van der Waals surface area contributed by atoms with Crippen LogP contribution in [-0.2, 0) is 14.8 Å². The first-order valence-electron chi connectivity index (χ1n) is 6.11. The average molecular weight is 293 g/mol. The second-order valence-corrected chi connectivity index (χ2v) is 6.51. The van der Waals surface area contributed by atoms with Crippen LogP contribution in [0.2, 0.25) is 0 Å². The van der Waals surface area contributed by atoms with Gasteiger partial charge in [-0.3, -0.25) is 9.52 Å². The zero-order valence-corrected chi connectivity index (χ0v) is 11.3. The zero-order valence-electron chi connectivity index (χ0n) is 10.5. The summed E-state index contributed by atoms with van der Waals surface area (Å²) in [7, 11) is -3.55. The molecule has 0 aliphatic heterocycles. The lowest BCUT2D eigenvalue weighted by molar-refractivity contribution is -0.120. The predicted octanol–water partition coefficient (Wildman–Crippen LogP) is -0.640. The highest BCUT2D eigenvalue weighted by molar-refractivity contribution is 7.90. The van der Waals surface area contributed by atoms with Crippen molar-refractivity contribution in [1.29, 1.82) is 0 Å². The molecule has 0 aromatic carbocycles. The van der Waals surface area contributed by atoms with Gasteiger partial charge in [-0.1, -0.05) is 0 Å². The molecule has 0 aromatic rings. The lowest BCUT2D eigenvalue weighted by atomic mass is 10.1. The molecule has 1 saturated carbocycles. The Labute approximate surface area is 111 Å². The number of hydrogen-bond donors (Lipinski definition) is 4. The molecule has 2 amide bonds. The lowest BCUT2D eigenvalue weighted by Gasteiger charge is -2.12. The van der Waals surface area contributed by atoms with Crippen LogP contribution in [-0.4, -0.2) is 43.4 Å². The van der Waals surface area contributed by atoms with Crippen molar-refractivity contribution in [3.05, 3.63) is 0 Å². The highest BCUT2D eigenvalue weighted by atomic mass is 32.2. The van der Waals surface area contributed by atoms with E-state index in [0.29, 0.717) is 32.1 Å². The number of amides is 2. The van der Waals surface area contributed by atoms with Gasteiger partial charge in [0.15, 0.2) is 0 Å². The van der Waals surface area contributed by atoms with Gasteiger partial charge in [-0.2, -0.15) is 0 Å². The Kier molecular flexibility index (Phi) is 5.55. The first-order chi connectivity index (χ1) is 8.83. The van der Waals surface area contributed by atoms with Crippen molar-refractivity contribution in [2.75, 3.05) is 6.54 Å². The smallest absolute Gasteiger partial charge is 0.404 e. The molecule has 0 radical (unpaired) electrons. The van der Waals surface area contributed by atoms with Crippen LogP contribution in [0.15, 0.2) is 0 Å². The van der Waals surface area contributed by atoms with Gasteiger partial charge in [0, 0.05) is 6.54 Å². The number of nitrogens with two attached hydrogens (primary N) is 1. The van der Waals surface area contributed by atoms with Crippen LogP contribution in [0, 0.1) is 0 Å². The Morgan fingerprint density at radius 3 is 2.47 bits per heavy atom. The Hall–Kier alpha value is -1.35. The van der Waals surface area contributed by atoms with Crippen molar-refractivity contribution in [2.24, 2.45) is 5.73 Å². The Morgan fingerprint density at radius 1 is 1.32 bits per heavy atom. The summed E-state index contributed by atoms with van der Waals surface area (Å²) in [6.45, 7) is 0.282. The molecule has 0 heterocycles. The lowest BCUT2D eigenvalue weighted by Crippen LogP contribution is -2.44. The average Bonchev–Trinajstić information content (AvgIpc) is 3.11. The van der Waals surface area contributed by atoms with Gasteiger partial charge in [0.05, 0.1) is 11.3 Å². The molecule has 19 heavy (non-hydrogen) atoms. The third kappa shape index (κ3) is 5.88. The number of sulfonamides is 1. The van der Waals surface area contributed by atoms with E-state index in [1.54, 1.807) is 0 Å². The summed E-state index contributed by atoms with van der Waals surface area (Å²) in [5.74, 6) is -0.696. The minimum atomic E-state index is -3.55. The van der Waals surface area contributed by atoms with Gasteiger partial charge in [0.25, 0.3) is 0 Å². The summed E-state index contributed by atoms with van der Waals surface area (Å²) >= 11 is 0. The predicted molar refractivity (Wildman–Crippen MR) is 67.9 cm³/mol. The minimum absolute atomic E-state index is 0.282. The summed E-state index contributed by atoms with van der Waals surface area (Å²) < 4.78 is 25.0. The summed E-state index contributed by atoms with van der Waals surface area (Å²) in [5, 5.41) is 10.1. The Bertz CT molecular complexity index is 432. The second-order valence-electron chi connectivity index (χ2n) is 4.54.